The van der Waals surface area contributed by atoms with Gasteiger partial charge in [0.1, 0.15) is 5.01 Å². The van der Waals surface area contributed by atoms with Crippen molar-refractivity contribution in [2.75, 3.05) is 7.05 Å². The molecule has 3 rings (SSSR count). The second-order valence-corrected chi connectivity index (χ2v) is 7.34. The van der Waals surface area contributed by atoms with E-state index in [-0.39, 0.29) is 6.54 Å². The van der Waals surface area contributed by atoms with E-state index in [1.54, 1.807) is 0 Å². The van der Waals surface area contributed by atoms with Crippen LogP contribution in [-0.2, 0) is 24.0 Å². The first-order valence-electron chi connectivity index (χ1n) is 7.97. The molecular weight excluding hydrogens is 381 g/mol. The molecule has 0 spiro atoms. The molecule has 1 amide bonds. The van der Waals surface area contributed by atoms with Gasteiger partial charge >= 0.3 is 6.18 Å². The summed E-state index contributed by atoms with van der Waals surface area (Å²) in [5.74, 6) is -1.49. The SMILES string of the molecule is CN(Cc1nc2ccccc2s1)C(=O)C[C@@](O)(c1nccn1C)C(F)(F)F. The van der Waals surface area contributed by atoms with Crippen LogP contribution in [-0.4, -0.2) is 43.7 Å². The lowest BCUT2D eigenvalue weighted by molar-refractivity contribution is -0.271. The van der Waals surface area contributed by atoms with Crippen molar-refractivity contribution >= 4 is 27.5 Å². The standard InChI is InChI=1S/C17H17F3N4O2S/c1-23-8-7-21-15(23)16(26,17(18,19)20)9-14(25)24(2)10-13-22-11-5-3-4-6-12(11)27-13/h3-8,26H,9-10H2,1-2H3/t16-/m1/s1. The Bertz CT molecular complexity index is 935. The fourth-order valence-corrected chi connectivity index (χ4v) is 3.72. The van der Waals surface area contributed by atoms with Crippen molar-refractivity contribution in [1.29, 1.82) is 0 Å². The zero-order chi connectivity index (χ0) is 19.8. The third-order valence-corrected chi connectivity index (χ3v) is 5.22. The van der Waals surface area contributed by atoms with E-state index >= 15 is 0 Å². The maximum Gasteiger partial charge on any atom is 0.425 e. The average Bonchev–Trinajstić information content (AvgIpc) is 3.18. The van der Waals surface area contributed by atoms with E-state index in [9.17, 15) is 23.1 Å². The van der Waals surface area contributed by atoms with Gasteiger partial charge in [0, 0.05) is 26.5 Å². The fourth-order valence-electron chi connectivity index (χ4n) is 2.70. The summed E-state index contributed by atoms with van der Waals surface area (Å²) in [7, 11) is 2.71. The van der Waals surface area contributed by atoms with Crippen LogP contribution < -0.4 is 0 Å². The Hall–Kier alpha value is -2.46. The Balaban J connectivity index is 1.80. The maximum absolute atomic E-state index is 13.6. The van der Waals surface area contributed by atoms with Gasteiger partial charge in [-0.1, -0.05) is 12.1 Å². The number of rotatable bonds is 5. The highest BCUT2D eigenvalue weighted by Gasteiger charge is 2.58. The molecule has 1 aromatic carbocycles. The highest BCUT2D eigenvalue weighted by atomic mass is 32.1. The predicted molar refractivity (Wildman–Crippen MR) is 93.9 cm³/mol. The summed E-state index contributed by atoms with van der Waals surface area (Å²) in [6, 6.07) is 7.38. The number of carbonyl (C=O) groups excluding carboxylic acids is 1. The van der Waals surface area contributed by atoms with Gasteiger partial charge in [-0.05, 0) is 12.1 Å². The normalized spacial score (nSPS) is 14.3. The Labute approximate surface area is 156 Å². The van der Waals surface area contributed by atoms with E-state index in [0.717, 1.165) is 25.9 Å². The Morgan fingerprint density at radius 2 is 2.04 bits per heavy atom. The molecule has 1 atom stereocenters. The lowest BCUT2D eigenvalue weighted by atomic mass is 9.97. The van der Waals surface area contributed by atoms with Crippen LogP contribution in [0.25, 0.3) is 10.2 Å². The molecule has 0 saturated heterocycles. The first-order chi connectivity index (χ1) is 12.6. The molecule has 0 fully saturated rings. The molecular formula is C17H17F3N4O2S. The molecule has 27 heavy (non-hydrogen) atoms. The second-order valence-electron chi connectivity index (χ2n) is 6.22. The predicted octanol–water partition coefficient (Wildman–Crippen LogP) is 2.83. The Morgan fingerprint density at radius 3 is 2.63 bits per heavy atom. The molecule has 10 heteroatoms. The molecule has 2 aromatic heterocycles. The zero-order valence-electron chi connectivity index (χ0n) is 14.6. The van der Waals surface area contributed by atoms with Crippen molar-refractivity contribution in [3.8, 4) is 0 Å². The third kappa shape index (κ3) is 3.67. The second kappa shape index (κ2) is 6.93. The van der Waals surface area contributed by atoms with Crippen LogP contribution in [0.2, 0.25) is 0 Å². The Kier molecular flexibility index (Phi) is 4.96. The molecule has 3 aromatic rings. The van der Waals surface area contributed by atoms with E-state index in [2.05, 4.69) is 9.97 Å². The van der Waals surface area contributed by atoms with Crippen LogP contribution in [0.4, 0.5) is 13.2 Å². The van der Waals surface area contributed by atoms with E-state index in [0.29, 0.717) is 5.01 Å². The summed E-state index contributed by atoms with van der Waals surface area (Å²) in [4.78, 5) is 21.5. The van der Waals surface area contributed by atoms with Gasteiger partial charge in [0.15, 0.2) is 5.82 Å². The first-order valence-corrected chi connectivity index (χ1v) is 8.79. The number of carbonyl (C=O) groups is 1. The lowest BCUT2D eigenvalue weighted by Crippen LogP contribution is -2.48. The summed E-state index contributed by atoms with van der Waals surface area (Å²) in [5.41, 5.74) is -2.61. The van der Waals surface area contributed by atoms with Gasteiger partial charge in [-0.2, -0.15) is 13.2 Å². The largest absolute Gasteiger partial charge is 0.425 e. The third-order valence-electron chi connectivity index (χ3n) is 4.20. The number of fused-ring (bicyclic) bond motifs is 1. The number of amides is 1. The molecule has 0 aliphatic rings. The van der Waals surface area contributed by atoms with Gasteiger partial charge in [0.2, 0.25) is 11.5 Å². The van der Waals surface area contributed by atoms with E-state index in [1.165, 1.54) is 31.6 Å². The van der Waals surface area contributed by atoms with Crippen LogP contribution in [0.3, 0.4) is 0 Å². The number of halogens is 3. The van der Waals surface area contributed by atoms with Crippen LogP contribution in [0.15, 0.2) is 36.7 Å². The smallest absolute Gasteiger partial charge is 0.374 e. The molecule has 6 nitrogen and oxygen atoms in total. The van der Waals surface area contributed by atoms with Crippen molar-refractivity contribution in [1.82, 2.24) is 19.4 Å². The molecule has 1 N–H and O–H groups in total. The number of hydrogen-bond donors (Lipinski definition) is 1. The minimum absolute atomic E-state index is 0.0483. The highest BCUT2D eigenvalue weighted by molar-refractivity contribution is 7.18. The van der Waals surface area contributed by atoms with Crippen molar-refractivity contribution in [2.24, 2.45) is 7.05 Å². The van der Waals surface area contributed by atoms with Gasteiger partial charge in [-0.25, -0.2) is 9.97 Å². The minimum atomic E-state index is -5.06. The van der Waals surface area contributed by atoms with Crippen molar-refractivity contribution < 1.29 is 23.1 Å². The zero-order valence-corrected chi connectivity index (χ0v) is 15.4. The molecule has 144 valence electrons. The lowest BCUT2D eigenvalue weighted by Gasteiger charge is -2.30. The van der Waals surface area contributed by atoms with Gasteiger partial charge in [0.25, 0.3) is 0 Å². The molecule has 2 heterocycles. The number of imidazole rings is 1. The van der Waals surface area contributed by atoms with E-state index in [1.807, 2.05) is 24.3 Å². The molecule has 0 bridgehead atoms. The topological polar surface area (TPSA) is 71.2 Å². The van der Waals surface area contributed by atoms with Gasteiger partial charge < -0.3 is 14.6 Å². The number of para-hydroxylation sites is 1. The molecule has 0 unspecified atom stereocenters. The van der Waals surface area contributed by atoms with Crippen LogP contribution in [0.5, 0.6) is 0 Å². The van der Waals surface area contributed by atoms with E-state index in [4.69, 9.17) is 0 Å². The number of aromatic nitrogens is 3. The number of alkyl halides is 3. The van der Waals surface area contributed by atoms with Gasteiger partial charge in [-0.15, -0.1) is 11.3 Å². The number of nitrogens with zero attached hydrogens (tertiary/aromatic N) is 4. The number of aryl methyl sites for hydroxylation is 1. The van der Waals surface area contributed by atoms with Gasteiger partial charge in [0.05, 0.1) is 23.2 Å². The average molecular weight is 398 g/mol. The van der Waals surface area contributed by atoms with Crippen LogP contribution in [0, 0.1) is 0 Å². The molecule has 0 aliphatic heterocycles. The first kappa shape index (κ1) is 19.3. The van der Waals surface area contributed by atoms with E-state index < -0.39 is 29.9 Å². The monoisotopic (exact) mass is 398 g/mol. The van der Waals surface area contributed by atoms with Crippen LogP contribution >= 0.6 is 11.3 Å². The van der Waals surface area contributed by atoms with Crippen molar-refractivity contribution in [3.05, 3.63) is 47.5 Å². The minimum Gasteiger partial charge on any atom is -0.374 e. The molecule has 0 saturated carbocycles. The summed E-state index contributed by atoms with van der Waals surface area (Å²) in [5, 5.41) is 10.9. The summed E-state index contributed by atoms with van der Waals surface area (Å²) >= 11 is 1.36. The summed E-state index contributed by atoms with van der Waals surface area (Å²) < 4.78 is 42.6. The van der Waals surface area contributed by atoms with Gasteiger partial charge in [-0.3, -0.25) is 4.79 Å². The number of hydrogen-bond acceptors (Lipinski definition) is 5. The number of aliphatic hydroxyl groups is 1. The Morgan fingerprint density at radius 1 is 1.33 bits per heavy atom. The number of benzene rings is 1. The number of thiazole rings is 1. The van der Waals surface area contributed by atoms with Crippen molar-refractivity contribution in [2.45, 2.75) is 24.7 Å². The highest BCUT2D eigenvalue weighted by Crippen LogP contribution is 2.41. The summed E-state index contributed by atoms with van der Waals surface area (Å²) in [6.07, 6.45) is -3.80. The van der Waals surface area contributed by atoms with Crippen molar-refractivity contribution in [3.63, 3.8) is 0 Å². The molecule has 0 radical (unpaired) electrons. The maximum atomic E-state index is 13.6. The quantitative estimate of drug-likeness (QED) is 0.718. The van der Waals surface area contributed by atoms with Crippen LogP contribution in [0.1, 0.15) is 17.3 Å². The fraction of sp³-hybridized carbons (Fsp3) is 0.353. The summed E-state index contributed by atoms with van der Waals surface area (Å²) in [6.45, 7) is 0.0483. The molecule has 0 aliphatic carbocycles.